The molecular formula is C9H17NO4. The summed E-state index contributed by atoms with van der Waals surface area (Å²) in [6, 6.07) is -0.331. The first-order valence-electron chi connectivity index (χ1n) is 4.69. The van der Waals surface area contributed by atoms with Gasteiger partial charge < -0.3 is 19.8 Å². The smallest absolute Gasteiger partial charge is 0.254 e. The van der Waals surface area contributed by atoms with E-state index >= 15 is 0 Å². The molecule has 0 aromatic rings. The zero-order valence-electron chi connectivity index (χ0n) is 8.56. The quantitative estimate of drug-likeness (QED) is 0.602. The van der Waals surface area contributed by atoms with E-state index in [9.17, 15) is 9.90 Å². The normalized spacial score (nSPS) is 23.7. The number of rotatable bonds is 2. The van der Waals surface area contributed by atoms with Crippen LogP contribution in [0, 0.1) is 0 Å². The Balaban J connectivity index is 2.69. The molecule has 5 nitrogen and oxygen atoms in total. The van der Waals surface area contributed by atoms with Gasteiger partial charge in [0.05, 0.1) is 25.9 Å². The van der Waals surface area contributed by atoms with Crippen LogP contribution in [-0.2, 0) is 9.53 Å². The Bertz CT molecular complexity index is 211. The molecule has 0 spiro atoms. The van der Waals surface area contributed by atoms with Crippen LogP contribution in [0.5, 0.6) is 0 Å². The third-order valence-electron chi connectivity index (χ3n) is 2.22. The summed E-state index contributed by atoms with van der Waals surface area (Å²) in [7, 11) is 0. The Kier molecular flexibility index (Phi) is 3.47. The molecule has 1 saturated heterocycles. The van der Waals surface area contributed by atoms with Crippen molar-refractivity contribution in [3.8, 4) is 0 Å². The number of nitrogens with zero attached hydrogens (tertiary/aromatic N) is 1. The number of carbonyl (C=O) groups excluding carboxylic acids is 1. The Morgan fingerprint density at radius 2 is 2.29 bits per heavy atom. The van der Waals surface area contributed by atoms with Gasteiger partial charge in [-0.1, -0.05) is 0 Å². The first kappa shape index (κ1) is 11.4. The highest BCUT2D eigenvalue weighted by atomic mass is 16.5. The first-order chi connectivity index (χ1) is 6.46. The highest BCUT2D eigenvalue weighted by Gasteiger charge is 2.34. The number of hydrogen-bond acceptors (Lipinski definition) is 4. The van der Waals surface area contributed by atoms with Gasteiger partial charge in [-0.05, 0) is 13.8 Å². The second-order valence-electron chi connectivity index (χ2n) is 3.97. The number of ether oxygens (including phenoxy) is 1. The van der Waals surface area contributed by atoms with Gasteiger partial charge in [0, 0.05) is 6.54 Å². The molecule has 1 atom stereocenters. The lowest BCUT2D eigenvalue weighted by Gasteiger charge is -2.37. The molecule has 5 heteroatoms. The van der Waals surface area contributed by atoms with Gasteiger partial charge in [0.2, 0.25) is 0 Å². The predicted molar refractivity (Wildman–Crippen MR) is 49.7 cm³/mol. The molecule has 1 aliphatic rings. The number of amides is 1. The average molecular weight is 203 g/mol. The summed E-state index contributed by atoms with van der Waals surface area (Å²) >= 11 is 0. The van der Waals surface area contributed by atoms with Crippen LogP contribution in [0.4, 0.5) is 0 Å². The van der Waals surface area contributed by atoms with Crippen LogP contribution < -0.4 is 0 Å². The van der Waals surface area contributed by atoms with E-state index in [1.165, 1.54) is 18.7 Å². The van der Waals surface area contributed by atoms with E-state index in [1.807, 2.05) is 0 Å². The van der Waals surface area contributed by atoms with Crippen LogP contribution in [0.1, 0.15) is 13.8 Å². The lowest BCUT2D eigenvalue weighted by Crippen LogP contribution is -2.56. The Hall–Kier alpha value is -0.650. The molecule has 14 heavy (non-hydrogen) atoms. The zero-order valence-corrected chi connectivity index (χ0v) is 8.56. The van der Waals surface area contributed by atoms with E-state index < -0.39 is 5.60 Å². The van der Waals surface area contributed by atoms with Gasteiger partial charge in [0.1, 0.15) is 5.60 Å². The van der Waals surface area contributed by atoms with Gasteiger partial charge >= 0.3 is 0 Å². The standard InChI is InChI=1S/C9H17NO4/c1-9(2,13)8(12)10-3-4-14-6-7(10)5-11/h7,11,13H,3-6H2,1-2H3. The first-order valence-corrected chi connectivity index (χ1v) is 4.69. The maximum absolute atomic E-state index is 11.7. The van der Waals surface area contributed by atoms with Crippen LogP contribution >= 0.6 is 0 Å². The summed E-state index contributed by atoms with van der Waals surface area (Å²) in [5, 5.41) is 18.6. The minimum atomic E-state index is -1.38. The van der Waals surface area contributed by atoms with Crippen molar-refractivity contribution in [1.82, 2.24) is 4.90 Å². The van der Waals surface area contributed by atoms with E-state index in [0.29, 0.717) is 19.8 Å². The van der Waals surface area contributed by atoms with Crippen molar-refractivity contribution in [1.29, 1.82) is 0 Å². The summed E-state index contributed by atoms with van der Waals surface area (Å²) in [5.74, 6) is -0.361. The average Bonchev–Trinajstić information content (AvgIpc) is 2.15. The van der Waals surface area contributed by atoms with Crippen LogP contribution in [-0.4, -0.2) is 59.0 Å². The van der Waals surface area contributed by atoms with Crippen LogP contribution in [0.15, 0.2) is 0 Å². The van der Waals surface area contributed by atoms with Gasteiger partial charge in [0.25, 0.3) is 5.91 Å². The van der Waals surface area contributed by atoms with Crippen molar-refractivity contribution in [2.24, 2.45) is 0 Å². The molecular weight excluding hydrogens is 186 g/mol. The SMILES string of the molecule is CC(C)(O)C(=O)N1CCOCC1CO. The molecule has 0 aromatic heterocycles. The molecule has 0 saturated carbocycles. The second kappa shape index (κ2) is 4.25. The topological polar surface area (TPSA) is 70.0 Å². The number of hydrogen-bond donors (Lipinski definition) is 2. The van der Waals surface area contributed by atoms with Crippen LogP contribution in [0.2, 0.25) is 0 Å². The van der Waals surface area contributed by atoms with Crippen molar-refractivity contribution < 1.29 is 19.7 Å². The van der Waals surface area contributed by atoms with Crippen molar-refractivity contribution in [2.75, 3.05) is 26.4 Å². The summed E-state index contributed by atoms with van der Waals surface area (Å²) in [6.07, 6.45) is 0. The zero-order chi connectivity index (χ0) is 10.8. The minimum Gasteiger partial charge on any atom is -0.394 e. The molecule has 1 heterocycles. The van der Waals surface area contributed by atoms with Gasteiger partial charge in [0.15, 0.2) is 0 Å². The molecule has 1 rings (SSSR count). The second-order valence-corrected chi connectivity index (χ2v) is 3.97. The van der Waals surface area contributed by atoms with E-state index in [-0.39, 0.29) is 18.6 Å². The Morgan fingerprint density at radius 1 is 1.64 bits per heavy atom. The number of aliphatic hydroxyl groups is 2. The minimum absolute atomic E-state index is 0.137. The Labute approximate surface area is 83.3 Å². The molecule has 1 aliphatic heterocycles. The van der Waals surface area contributed by atoms with E-state index in [2.05, 4.69) is 0 Å². The molecule has 0 bridgehead atoms. The predicted octanol–water partition coefficient (Wildman–Crippen LogP) is -1.02. The summed E-state index contributed by atoms with van der Waals surface area (Å²) < 4.78 is 5.13. The highest BCUT2D eigenvalue weighted by Crippen LogP contribution is 2.13. The van der Waals surface area contributed by atoms with Gasteiger partial charge in [-0.3, -0.25) is 4.79 Å². The fraction of sp³-hybridized carbons (Fsp3) is 0.889. The summed E-state index contributed by atoms with van der Waals surface area (Å²) in [4.78, 5) is 13.2. The summed E-state index contributed by atoms with van der Waals surface area (Å²) in [5.41, 5.74) is -1.38. The molecule has 0 aromatic carbocycles. The number of carbonyl (C=O) groups is 1. The maximum Gasteiger partial charge on any atom is 0.254 e. The molecule has 2 N–H and O–H groups in total. The van der Waals surface area contributed by atoms with Gasteiger partial charge in [-0.15, -0.1) is 0 Å². The molecule has 0 radical (unpaired) electrons. The largest absolute Gasteiger partial charge is 0.394 e. The fourth-order valence-corrected chi connectivity index (χ4v) is 1.42. The molecule has 0 aliphatic carbocycles. The highest BCUT2D eigenvalue weighted by molar-refractivity contribution is 5.84. The monoisotopic (exact) mass is 203 g/mol. The lowest BCUT2D eigenvalue weighted by molar-refractivity contribution is -0.158. The third kappa shape index (κ3) is 2.43. The summed E-state index contributed by atoms with van der Waals surface area (Å²) in [6.45, 7) is 3.96. The molecule has 82 valence electrons. The van der Waals surface area contributed by atoms with Crippen molar-refractivity contribution in [2.45, 2.75) is 25.5 Å². The lowest BCUT2D eigenvalue weighted by atomic mass is 10.1. The van der Waals surface area contributed by atoms with E-state index in [0.717, 1.165) is 0 Å². The van der Waals surface area contributed by atoms with E-state index in [1.54, 1.807) is 0 Å². The van der Waals surface area contributed by atoms with E-state index in [4.69, 9.17) is 9.84 Å². The van der Waals surface area contributed by atoms with Gasteiger partial charge in [-0.25, -0.2) is 0 Å². The third-order valence-corrected chi connectivity index (χ3v) is 2.22. The number of aliphatic hydroxyl groups excluding tert-OH is 1. The molecule has 1 unspecified atom stereocenters. The fourth-order valence-electron chi connectivity index (χ4n) is 1.42. The number of morpholine rings is 1. The Morgan fingerprint density at radius 3 is 2.79 bits per heavy atom. The van der Waals surface area contributed by atoms with Crippen LogP contribution in [0.3, 0.4) is 0 Å². The van der Waals surface area contributed by atoms with Crippen molar-refractivity contribution in [3.63, 3.8) is 0 Å². The maximum atomic E-state index is 11.7. The molecule has 1 fully saturated rings. The molecule has 1 amide bonds. The van der Waals surface area contributed by atoms with Crippen molar-refractivity contribution >= 4 is 5.91 Å². The van der Waals surface area contributed by atoms with Crippen molar-refractivity contribution in [3.05, 3.63) is 0 Å². The van der Waals surface area contributed by atoms with Gasteiger partial charge in [-0.2, -0.15) is 0 Å². The van der Waals surface area contributed by atoms with Crippen LogP contribution in [0.25, 0.3) is 0 Å².